The Labute approximate surface area is 132 Å². The topological polar surface area (TPSA) is 44.8 Å². The van der Waals surface area contributed by atoms with E-state index in [0.717, 1.165) is 12.8 Å². The van der Waals surface area contributed by atoms with Crippen molar-refractivity contribution < 1.29 is 19.3 Å². The summed E-state index contributed by atoms with van der Waals surface area (Å²) in [6.07, 6.45) is 3.24. The van der Waals surface area contributed by atoms with Gasteiger partial charge in [0, 0.05) is 0 Å². The number of benzene rings is 1. The van der Waals surface area contributed by atoms with E-state index in [1.165, 1.54) is 13.5 Å². The Balaban J connectivity index is 2.12. The molecule has 3 unspecified atom stereocenters. The number of esters is 1. The number of ether oxygens (including phenoxy) is 1. The molecule has 0 heterocycles. The molecule has 1 aliphatic rings. The van der Waals surface area contributed by atoms with Gasteiger partial charge < -0.3 is 9.62 Å². The van der Waals surface area contributed by atoms with Crippen molar-refractivity contribution >= 4 is 5.97 Å². The van der Waals surface area contributed by atoms with E-state index in [1.807, 2.05) is 0 Å². The Morgan fingerprint density at radius 1 is 1.23 bits per heavy atom. The van der Waals surface area contributed by atoms with Crippen LogP contribution in [0.3, 0.4) is 0 Å². The third-order valence-corrected chi connectivity index (χ3v) is 4.50. The van der Waals surface area contributed by atoms with Gasteiger partial charge in [-0.05, 0) is 42.7 Å². The van der Waals surface area contributed by atoms with Crippen LogP contribution in [0.5, 0.6) is 5.75 Å². The highest BCUT2D eigenvalue weighted by molar-refractivity contribution is 5.92. The fraction of sp³-hybridized carbons (Fsp3) is 0.611. The van der Waals surface area contributed by atoms with Crippen molar-refractivity contribution in [3.63, 3.8) is 0 Å². The van der Waals surface area contributed by atoms with Gasteiger partial charge in [-0.25, -0.2) is 4.79 Å². The standard InChI is InChI=1S/C18H26O4/c1-12(2)14-10-9-13(3)11-17(14)21-18(19)15-7-5-6-8-16(15)22-20-4/h5-8,12-14,17H,9-11H2,1-4H3. The summed E-state index contributed by atoms with van der Waals surface area (Å²) in [5.41, 5.74) is 0.407. The monoisotopic (exact) mass is 306 g/mol. The zero-order valence-electron chi connectivity index (χ0n) is 13.9. The number of carbonyl (C=O) groups excluding carboxylic acids is 1. The Hall–Kier alpha value is -1.55. The summed E-state index contributed by atoms with van der Waals surface area (Å²) in [6, 6.07) is 6.99. The van der Waals surface area contributed by atoms with Gasteiger partial charge in [0.05, 0.1) is 7.11 Å². The van der Waals surface area contributed by atoms with E-state index in [4.69, 9.17) is 9.62 Å². The number of para-hydroxylation sites is 1. The number of carbonyl (C=O) groups is 1. The summed E-state index contributed by atoms with van der Waals surface area (Å²) in [4.78, 5) is 22.2. The lowest BCUT2D eigenvalue weighted by atomic mass is 9.75. The van der Waals surface area contributed by atoms with Crippen LogP contribution < -0.4 is 4.89 Å². The summed E-state index contributed by atoms with van der Waals surface area (Å²) in [5.74, 6) is 1.59. The molecule has 1 fully saturated rings. The van der Waals surface area contributed by atoms with Gasteiger partial charge in [-0.3, -0.25) is 0 Å². The van der Waals surface area contributed by atoms with E-state index in [9.17, 15) is 4.79 Å². The van der Waals surface area contributed by atoms with E-state index in [2.05, 4.69) is 25.7 Å². The molecule has 1 aromatic carbocycles. The molecule has 22 heavy (non-hydrogen) atoms. The van der Waals surface area contributed by atoms with Crippen LogP contribution in [0.4, 0.5) is 0 Å². The first-order valence-electron chi connectivity index (χ1n) is 8.03. The summed E-state index contributed by atoms with van der Waals surface area (Å²) in [6.45, 7) is 6.62. The SMILES string of the molecule is COOc1ccccc1C(=O)OC1CC(C)CCC1C(C)C. The quantitative estimate of drug-likeness (QED) is 0.463. The van der Waals surface area contributed by atoms with Crippen LogP contribution in [0.1, 0.15) is 50.4 Å². The van der Waals surface area contributed by atoms with Crippen molar-refractivity contribution in [2.75, 3.05) is 7.11 Å². The summed E-state index contributed by atoms with van der Waals surface area (Å²) < 4.78 is 5.83. The molecule has 1 aliphatic carbocycles. The molecule has 0 amide bonds. The number of rotatable bonds is 5. The van der Waals surface area contributed by atoms with E-state index < -0.39 is 0 Å². The predicted octanol–water partition coefficient (Wildman–Crippen LogP) is 4.24. The summed E-state index contributed by atoms with van der Waals surface area (Å²) in [5, 5.41) is 0. The Morgan fingerprint density at radius 2 is 1.95 bits per heavy atom. The van der Waals surface area contributed by atoms with Crippen molar-refractivity contribution in [1.82, 2.24) is 0 Å². The maximum atomic E-state index is 12.5. The summed E-state index contributed by atoms with van der Waals surface area (Å²) >= 11 is 0. The molecule has 122 valence electrons. The van der Waals surface area contributed by atoms with Gasteiger partial charge in [-0.1, -0.05) is 39.3 Å². The highest BCUT2D eigenvalue weighted by Crippen LogP contribution is 2.36. The van der Waals surface area contributed by atoms with Crippen LogP contribution in [-0.4, -0.2) is 19.2 Å². The van der Waals surface area contributed by atoms with E-state index in [-0.39, 0.29) is 12.1 Å². The largest absolute Gasteiger partial charge is 0.458 e. The van der Waals surface area contributed by atoms with Gasteiger partial charge in [0.2, 0.25) is 0 Å². The molecule has 4 heteroatoms. The van der Waals surface area contributed by atoms with Crippen LogP contribution in [0.2, 0.25) is 0 Å². The lowest BCUT2D eigenvalue weighted by Gasteiger charge is -2.36. The highest BCUT2D eigenvalue weighted by Gasteiger charge is 2.34. The van der Waals surface area contributed by atoms with E-state index in [1.54, 1.807) is 24.3 Å². The van der Waals surface area contributed by atoms with Gasteiger partial charge in [0.1, 0.15) is 11.7 Å². The normalized spacial score (nSPS) is 25.0. The molecule has 0 N–H and O–H groups in total. The lowest BCUT2D eigenvalue weighted by Crippen LogP contribution is -2.35. The Kier molecular flexibility index (Phi) is 5.83. The Bertz CT molecular complexity index is 498. The molecule has 2 rings (SSSR count). The minimum atomic E-state index is -0.336. The van der Waals surface area contributed by atoms with Crippen molar-refractivity contribution in [2.24, 2.45) is 17.8 Å². The number of hydrogen-bond donors (Lipinski definition) is 0. The van der Waals surface area contributed by atoms with Gasteiger partial charge in [0.25, 0.3) is 0 Å². The molecule has 0 bridgehead atoms. The van der Waals surface area contributed by atoms with Gasteiger partial charge in [-0.15, -0.1) is 0 Å². The van der Waals surface area contributed by atoms with Gasteiger partial charge in [-0.2, -0.15) is 4.89 Å². The van der Waals surface area contributed by atoms with Crippen LogP contribution in [-0.2, 0) is 9.62 Å². The fourth-order valence-corrected chi connectivity index (χ4v) is 3.25. The van der Waals surface area contributed by atoms with Crippen LogP contribution in [0.15, 0.2) is 24.3 Å². The van der Waals surface area contributed by atoms with Crippen LogP contribution in [0.25, 0.3) is 0 Å². The smallest absolute Gasteiger partial charge is 0.342 e. The van der Waals surface area contributed by atoms with Gasteiger partial charge >= 0.3 is 5.97 Å². The zero-order valence-corrected chi connectivity index (χ0v) is 13.9. The molecule has 3 atom stereocenters. The van der Waals surface area contributed by atoms with Crippen LogP contribution >= 0.6 is 0 Å². The lowest BCUT2D eigenvalue weighted by molar-refractivity contribution is -0.178. The molecule has 1 aromatic rings. The average molecular weight is 306 g/mol. The minimum absolute atomic E-state index is 0.0214. The van der Waals surface area contributed by atoms with E-state index in [0.29, 0.717) is 29.1 Å². The van der Waals surface area contributed by atoms with Crippen molar-refractivity contribution in [1.29, 1.82) is 0 Å². The highest BCUT2D eigenvalue weighted by atomic mass is 17.2. The fourth-order valence-electron chi connectivity index (χ4n) is 3.25. The summed E-state index contributed by atoms with van der Waals surface area (Å²) in [7, 11) is 1.42. The second-order valence-corrected chi connectivity index (χ2v) is 6.52. The predicted molar refractivity (Wildman–Crippen MR) is 84.6 cm³/mol. The third kappa shape index (κ3) is 4.01. The maximum Gasteiger partial charge on any atom is 0.342 e. The molecular weight excluding hydrogens is 280 g/mol. The molecular formula is C18H26O4. The minimum Gasteiger partial charge on any atom is -0.458 e. The first kappa shape index (κ1) is 16.8. The molecule has 0 spiro atoms. The third-order valence-electron chi connectivity index (χ3n) is 4.50. The molecule has 0 radical (unpaired) electrons. The second-order valence-electron chi connectivity index (χ2n) is 6.52. The molecule has 0 aliphatic heterocycles. The van der Waals surface area contributed by atoms with Crippen LogP contribution in [0, 0.1) is 17.8 Å². The molecule has 0 aromatic heterocycles. The molecule has 1 saturated carbocycles. The molecule has 4 nitrogen and oxygen atoms in total. The van der Waals surface area contributed by atoms with Gasteiger partial charge in [0.15, 0.2) is 5.75 Å². The average Bonchev–Trinajstić information content (AvgIpc) is 2.47. The van der Waals surface area contributed by atoms with E-state index >= 15 is 0 Å². The second kappa shape index (κ2) is 7.63. The first-order valence-corrected chi connectivity index (χ1v) is 8.03. The molecule has 0 saturated heterocycles. The van der Waals surface area contributed by atoms with Crippen molar-refractivity contribution in [2.45, 2.75) is 46.1 Å². The zero-order chi connectivity index (χ0) is 16.1. The first-order chi connectivity index (χ1) is 10.5. The van der Waals surface area contributed by atoms with Crippen molar-refractivity contribution in [3.05, 3.63) is 29.8 Å². The Morgan fingerprint density at radius 3 is 2.64 bits per heavy atom. The van der Waals surface area contributed by atoms with Crippen molar-refractivity contribution in [3.8, 4) is 5.75 Å². The maximum absolute atomic E-state index is 12.5. The number of hydrogen-bond acceptors (Lipinski definition) is 4.